The highest BCUT2D eigenvalue weighted by Gasteiger charge is 2.08. The van der Waals surface area contributed by atoms with Crippen LogP contribution in [-0.2, 0) is 4.74 Å². The van der Waals surface area contributed by atoms with Gasteiger partial charge in [0.15, 0.2) is 0 Å². The monoisotopic (exact) mass is 237 g/mol. The minimum Gasteiger partial charge on any atom is -0.493 e. The summed E-state index contributed by atoms with van der Waals surface area (Å²) in [5, 5.41) is 0. The number of benzene rings is 1. The van der Waals surface area contributed by atoms with Crippen molar-refractivity contribution in [1.82, 2.24) is 0 Å². The van der Waals surface area contributed by atoms with Gasteiger partial charge in [0.1, 0.15) is 5.75 Å². The molecule has 0 aliphatic heterocycles. The van der Waals surface area contributed by atoms with Gasteiger partial charge in [-0.2, -0.15) is 0 Å². The molecule has 1 aromatic rings. The molecule has 4 heteroatoms. The van der Waals surface area contributed by atoms with Crippen LogP contribution in [0.15, 0.2) is 18.2 Å². The van der Waals surface area contributed by atoms with Crippen molar-refractivity contribution < 1.29 is 14.3 Å². The van der Waals surface area contributed by atoms with E-state index < -0.39 is 5.97 Å². The number of rotatable bonds is 5. The van der Waals surface area contributed by atoms with E-state index in [4.69, 9.17) is 10.5 Å². The van der Waals surface area contributed by atoms with Crippen molar-refractivity contribution in [1.29, 1.82) is 0 Å². The Morgan fingerprint density at radius 1 is 1.35 bits per heavy atom. The molecular formula is C13H19NO3. The molecule has 0 fully saturated rings. The van der Waals surface area contributed by atoms with Gasteiger partial charge in [-0.1, -0.05) is 13.8 Å². The van der Waals surface area contributed by atoms with Gasteiger partial charge < -0.3 is 15.2 Å². The molecule has 0 saturated carbocycles. The lowest BCUT2D eigenvalue weighted by atomic mass is 10.1. The molecular weight excluding hydrogens is 218 g/mol. The second-order valence-electron chi connectivity index (χ2n) is 4.31. The summed E-state index contributed by atoms with van der Waals surface area (Å²) >= 11 is 0. The van der Waals surface area contributed by atoms with Crippen molar-refractivity contribution in [3.63, 3.8) is 0 Å². The molecule has 0 aromatic heterocycles. The van der Waals surface area contributed by atoms with Gasteiger partial charge in [0.2, 0.25) is 0 Å². The van der Waals surface area contributed by atoms with Gasteiger partial charge in [0.25, 0.3) is 0 Å². The van der Waals surface area contributed by atoms with Crippen molar-refractivity contribution >= 4 is 11.7 Å². The molecule has 0 aliphatic rings. The standard InChI is InChI=1S/C13H19NO3/c1-9(2)4-5-17-12-7-10(13(15)16-3)6-11(14)8-12/h6-9H,4-5,14H2,1-3H3. The topological polar surface area (TPSA) is 61.5 Å². The molecule has 0 unspecified atom stereocenters. The van der Waals surface area contributed by atoms with Gasteiger partial charge in [0, 0.05) is 11.8 Å². The van der Waals surface area contributed by atoms with Gasteiger partial charge in [0.05, 0.1) is 19.3 Å². The Bertz CT molecular complexity index is 388. The first-order valence-corrected chi connectivity index (χ1v) is 5.64. The molecule has 0 atom stereocenters. The number of carbonyl (C=O) groups is 1. The van der Waals surface area contributed by atoms with E-state index in [2.05, 4.69) is 18.6 Å². The molecule has 0 radical (unpaired) electrons. The van der Waals surface area contributed by atoms with Crippen LogP contribution < -0.4 is 10.5 Å². The van der Waals surface area contributed by atoms with E-state index in [0.717, 1.165) is 6.42 Å². The van der Waals surface area contributed by atoms with Crippen LogP contribution in [0.3, 0.4) is 0 Å². The third kappa shape index (κ3) is 4.34. The first kappa shape index (κ1) is 13.4. The summed E-state index contributed by atoms with van der Waals surface area (Å²) in [6.07, 6.45) is 0.961. The number of hydrogen-bond acceptors (Lipinski definition) is 4. The third-order valence-corrected chi connectivity index (χ3v) is 2.31. The van der Waals surface area contributed by atoms with Crippen LogP contribution >= 0.6 is 0 Å². The van der Waals surface area contributed by atoms with Crippen LogP contribution in [0.4, 0.5) is 5.69 Å². The number of anilines is 1. The fourth-order valence-corrected chi connectivity index (χ4v) is 1.35. The van der Waals surface area contributed by atoms with Crippen LogP contribution in [0.1, 0.15) is 30.6 Å². The van der Waals surface area contributed by atoms with Gasteiger partial charge in [-0.05, 0) is 24.5 Å². The summed E-state index contributed by atoms with van der Waals surface area (Å²) in [7, 11) is 1.34. The molecule has 2 N–H and O–H groups in total. The van der Waals surface area contributed by atoms with Gasteiger partial charge >= 0.3 is 5.97 Å². The molecule has 0 spiro atoms. The number of methoxy groups -OCH3 is 1. The SMILES string of the molecule is COC(=O)c1cc(N)cc(OCCC(C)C)c1. The van der Waals surface area contributed by atoms with Gasteiger partial charge in [-0.3, -0.25) is 0 Å². The normalized spacial score (nSPS) is 10.4. The Hall–Kier alpha value is -1.71. The molecule has 1 aromatic carbocycles. The van der Waals surface area contributed by atoms with E-state index in [9.17, 15) is 4.79 Å². The van der Waals surface area contributed by atoms with E-state index >= 15 is 0 Å². The quantitative estimate of drug-likeness (QED) is 0.631. The van der Waals surface area contributed by atoms with Gasteiger partial charge in [-0.25, -0.2) is 4.79 Å². The average Bonchev–Trinajstić information content (AvgIpc) is 2.26. The summed E-state index contributed by atoms with van der Waals surface area (Å²) in [4.78, 5) is 11.4. The zero-order chi connectivity index (χ0) is 12.8. The second-order valence-corrected chi connectivity index (χ2v) is 4.31. The molecule has 0 heterocycles. The Labute approximate surface area is 102 Å². The summed E-state index contributed by atoms with van der Waals surface area (Å²) in [6.45, 7) is 4.87. The predicted octanol–water partition coefficient (Wildman–Crippen LogP) is 2.48. The van der Waals surface area contributed by atoms with E-state index in [0.29, 0.717) is 29.5 Å². The molecule has 0 aliphatic carbocycles. The lowest BCUT2D eigenvalue weighted by Crippen LogP contribution is -2.05. The summed E-state index contributed by atoms with van der Waals surface area (Å²) in [5.74, 6) is 0.771. The molecule has 0 amide bonds. The maximum atomic E-state index is 11.4. The zero-order valence-corrected chi connectivity index (χ0v) is 10.5. The molecule has 4 nitrogen and oxygen atoms in total. The highest BCUT2D eigenvalue weighted by molar-refractivity contribution is 5.90. The maximum absolute atomic E-state index is 11.4. The van der Waals surface area contributed by atoms with Crippen molar-refractivity contribution in [2.45, 2.75) is 20.3 Å². The lowest BCUT2D eigenvalue weighted by molar-refractivity contribution is 0.0600. The molecule has 0 bridgehead atoms. The Morgan fingerprint density at radius 2 is 2.06 bits per heavy atom. The number of carbonyl (C=O) groups excluding carboxylic acids is 1. The smallest absolute Gasteiger partial charge is 0.338 e. The van der Waals surface area contributed by atoms with Crippen molar-refractivity contribution in [2.75, 3.05) is 19.5 Å². The van der Waals surface area contributed by atoms with Crippen LogP contribution in [0.5, 0.6) is 5.75 Å². The predicted molar refractivity (Wildman–Crippen MR) is 67.1 cm³/mol. The second kappa shape index (κ2) is 6.13. The Kier molecular flexibility index (Phi) is 4.82. The molecule has 1 rings (SSSR count). The Morgan fingerprint density at radius 3 is 2.65 bits per heavy atom. The number of ether oxygens (including phenoxy) is 2. The highest BCUT2D eigenvalue weighted by atomic mass is 16.5. The summed E-state index contributed by atoms with van der Waals surface area (Å²) < 4.78 is 10.2. The van der Waals surface area contributed by atoms with Crippen LogP contribution in [0.25, 0.3) is 0 Å². The van der Waals surface area contributed by atoms with Crippen LogP contribution in [0.2, 0.25) is 0 Å². The van der Waals surface area contributed by atoms with Gasteiger partial charge in [-0.15, -0.1) is 0 Å². The fraction of sp³-hybridized carbons (Fsp3) is 0.462. The minimum atomic E-state index is -0.411. The number of esters is 1. The van der Waals surface area contributed by atoms with E-state index in [1.54, 1.807) is 18.2 Å². The van der Waals surface area contributed by atoms with E-state index in [1.807, 2.05) is 0 Å². The molecule has 17 heavy (non-hydrogen) atoms. The lowest BCUT2D eigenvalue weighted by Gasteiger charge is -2.10. The molecule has 94 valence electrons. The Balaban J connectivity index is 2.72. The fourth-order valence-electron chi connectivity index (χ4n) is 1.35. The number of nitrogens with two attached hydrogens (primary N) is 1. The van der Waals surface area contributed by atoms with Crippen LogP contribution in [0, 0.1) is 5.92 Å². The first-order valence-electron chi connectivity index (χ1n) is 5.64. The average molecular weight is 237 g/mol. The molecule has 0 saturated heterocycles. The largest absolute Gasteiger partial charge is 0.493 e. The number of nitrogen functional groups attached to an aromatic ring is 1. The van der Waals surface area contributed by atoms with E-state index in [1.165, 1.54) is 7.11 Å². The minimum absolute atomic E-state index is 0.409. The third-order valence-electron chi connectivity index (χ3n) is 2.31. The highest BCUT2D eigenvalue weighted by Crippen LogP contribution is 2.20. The summed E-state index contributed by atoms with van der Waals surface area (Å²) in [5.41, 5.74) is 6.60. The van der Waals surface area contributed by atoms with E-state index in [-0.39, 0.29) is 0 Å². The van der Waals surface area contributed by atoms with Crippen LogP contribution in [-0.4, -0.2) is 19.7 Å². The zero-order valence-electron chi connectivity index (χ0n) is 10.5. The van der Waals surface area contributed by atoms with Crippen molar-refractivity contribution in [3.05, 3.63) is 23.8 Å². The number of hydrogen-bond donors (Lipinski definition) is 1. The maximum Gasteiger partial charge on any atom is 0.338 e. The van der Waals surface area contributed by atoms with Crippen molar-refractivity contribution in [3.8, 4) is 5.75 Å². The summed E-state index contributed by atoms with van der Waals surface area (Å²) in [6, 6.07) is 4.91. The van der Waals surface area contributed by atoms with Crippen molar-refractivity contribution in [2.24, 2.45) is 5.92 Å². The first-order chi connectivity index (χ1) is 8.02.